The van der Waals surface area contributed by atoms with Crippen molar-refractivity contribution >= 4 is 0 Å². The largest absolute Gasteiger partial charge is 0.496 e. The summed E-state index contributed by atoms with van der Waals surface area (Å²) >= 11 is 0. The second-order valence-electron chi connectivity index (χ2n) is 4.30. The summed E-state index contributed by atoms with van der Waals surface area (Å²) < 4.78 is 31.9. The summed E-state index contributed by atoms with van der Waals surface area (Å²) in [7, 11) is 1.52. The van der Waals surface area contributed by atoms with Gasteiger partial charge in [-0.25, -0.2) is 8.78 Å². The van der Waals surface area contributed by atoms with Crippen LogP contribution in [0.3, 0.4) is 0 Å². The molecule has 0 amide bonds. The molecule has 0 saturated carbocycles. The van der Waals surface area contributed by atoms with Crippen molar-refractivity contribution < 1.29 is 18.6 Å². The second-order valence-corrected chi connectivity index (χ2v) is 4.30. The van der Waals surface area contributed by atoms with E-state index in [-0.39, 0.29) is 5.56 Å². The molecular weight excluding hydrogens is 250 g/mol. The van der Waals surface area contributed by atoms with Gasteiger partial charge in [-0.2, -0.15) is 0 Å². The highest BCUT2D eigenvalue weighted by Crippen LogP contribution is 2.29. The Kier molecular flexibility index (Phi) is 3.81. The fourth-order valence-electron chi connectivity index (χ4n) is 1.91. The highest BCUT2D eigenvalue weighted by atomic mass is 19.1. The van der Waals surface area contributed by atoms with Crippen LogP contribution in [0.1, 0.15) is 22.8 Å². The van der Waals surface area contributed by atoms with Crippen LogP contribution in [0.15, 0.2) is 36.4 Å². The molecule has 0 fully saturated rings. The average molecular weight is 264 g/mol. The van der Waals surface area contributed by atoms with E-state index in [9.17, 15) is 13.9 Å². The molecule has 0 radical (unpaired) electrons. The minimum absolute atomic E-state index is 0.0918. The molecule has 2 aromatic rings. The molecule has 2 nitrogen and oxygen atoms in total. The van der Waals surface area contributed by atoms with Gasteiger partial charge in [0, 0.05) is 5.56 Å². The number of methoxy groups -OCH3 is 1. The minimum Gasteiger partial charge on any atom is -0.496 e. The van der Waals surface area contributed by atoms with Crippen LogP contribution < -0.4 is 4.74 Å². The van der Waals surface area contributed by atoms with Crippen molar-refractivity contribution in [2.24, 2.45) is 0 Å². The van der Waals surface area contributed by atoms with Crippen LogP contribution in [0.25, 0.3) is 0 Å². The molecule has 0 bridgehead atoms. The first kappa shape index (κ1) is 13.5. The first-order chi connectivity index (χ1) is 9.02. The van der Waals surface area contributed by atoms with Crippen LogP contribution >= 0.6 is 0 Å². The van der Waals surface area contributed by atoms with Crippen molar-refractivity contribution in [3.05, 3.63) is 64.7 Å². The highest BCUT2D eigenvalue weighted by molar-refractivity contribution is 5.40. The molecule has 100 valence electrons. The molecule has 4 heteroatoms. The van der Waals surface area contributed by atoms with Gasteiger partial charge < -0.3 is 9.84 Å². The summed E-state index contributed by atoms with van der Waals surface area (Å²) in [5.74, 6) is -0.642. The van der Waals surface area contributed by atoms with Crippen molar-refractivity contribution in [1.82, 2.24) is 0 Å². The van der Waals surface area contributed by atoms with Gasteiger partial charge in [0.2, 0.25) is 0 Å². The minimum atomic E-state index is -1.23. The maximum absolute atomic E-state index is 13.6. The quantitative estimate of drug-likeness (QED) is 0.921. The number of hydrogen-bond acceptors (Lipinski definition) is 2. The molecule has 0 aliphatic rings. The van der Waals surface area contributed by atoms with E-state index < -0.39 is 17.7 Å². The van der Waals surface area contributed by atoms with E-state index in [0.29, 0.717) is 11.3 Å². The number of halogens is 2. The standard InChI is InChI=1S/C15H14F2O2/c1-9-3-4-10(7-14(9)19-2)15(18)12-8-11(16)5-6-13(12)17/h3-8,15,18H,1-2H3. The number of hydrogen-bond donors (Lipinski definition) is 1. The number of aliphatic hydroxyl groups is 1. The molecule has 2 aromatic carbocycles. The molecule has 0 aromatic heterocycles. The fraction of sp³-hybridized carbons (Fsp3) is 0.200. The zero-order valence-electron chi connectivity index (χ0n) is 10.7. The summed E-state index contributed by atoms with van der Waals surface area (Å²) in [6.07, 6.45) is -1.23. The molecule has 1 atom stereocenters. The summed E-state index contributed by atoms with van der Waals surface area (Å²) in [5.41, 5.74) is 1.26. The van der Waals surface area contributed by atoms with E-state index in [1.165, 1.54) is 7.11 Å². The Morgan fingerprint density at radius 1 is 1.11 bits per heavy atom. The van der Waals surface area contributed by atoms with Crippen LogP contribution in [0.2, 0.25) is 0 Å². The van der Waals surface area contributed by atoms with Gasteiger partial charge in [-0.05, 0) is 42.3 Å². The van der Waals surface area contributed by atoms with Gasteiger partial charge in [-0.3, -0.25) is 0 Å². The first-order valence-corrected chi connectivity index (χ1v) is 5.80. The Labute approximate surface area is 110 Å². The van der Waals surface area contributed by atoms with Crippen LogP contribution in [0, 0.1) is 18.6 Å². The predicted molar refractivity (Wildman–Crippen MR) is 68.2 cm³/mol. The second kappa shape index (κ2) is 5.36. The predicted octanol–water partition coefficient (Wildman–Crippen LogP) is 3.36. The van der Waals surface area contributed by atoms with E-state index in [2.05, 4.69) is 0 Å². The van der Waals surface area contributed by atoms with Crippen LogP contribution in [-0.2, 0) is 0 Å². The topological polar surface area (TPSA) is 29.5 Å². The molecule has 0 aliphatic carbocycles. The maximum Gasteiger partial charge on any atom is 0.129 e. The van der Waals surface area contributed by atoms with Crippen molar-refractivity contribution in [3.8, 4) is 5.75 Å². The van der Waals surface area contributed by atoms with Gasteiger partial charge in [0.1, 0.15) is 23.5 Å². The molecule has 1 N–H and O–H groups in total. The van der Waals surface area contributed by atoms with Gasteiger partial charge in [0.25, 0.3) is 0 Å². The van der Waals surface area contributed by atoms with E-state index >= 15 is 0 Å². The first-order valence-electron chi connectivity index (χ1n) is 5.80. The van der Waals surface area contributed by atoms with Crippen LogP contribution in [0.4, 0.5) is 8.78 Å². The van der Waals surface area contributed by atoms with Gasteiger partial charge in [-0.1, -0.05) is 12.1 Å². The molecule has 2 rings (SSSR count). The lowest BCUT2D eigenvalue weighted by molar-refractivity contribution is 0.214. The number of ether oxygens (including phenoxy) is 1. The van der Waals surface area contributed by atoms with Crippen LogP contribution in [-0.4, -0.2) is 12.2 Å². The Hall–Kier alpha value is -1.94. The number of aryl methyl sites for hydroxylation is 1. The Morgan fingerprint density at radius 3 is 2.53 bits per heavy atom. The van der Waals surface area contributed by atoms with Crippen molar-refractivity contribution in [3.63, 3.8) is 0 Å². The molecule has 19 heavy (non-hydrogen) atoms. The zero-order valence-corrected chi connectivity index (χ0v) is 10.7. The van der Waals surface area contributed by atoms with E-state index in [1.54, 1.807) is 18.2 Å². The molecule has 0 saturated heterocycles. The Bertz CT molecular complexity index is 597. The molecule has 0 heterocycles. The Morgan fingerprint density at radius 2 is 1.84 bits per heavy atom. The number of benzene rings is 2. The van der Waals surface area contributed by atoms with Crippen molar-refractivity contribution in [2.75, 3.05) is 7.11 Å². The lowest BCUT2D eigenvalue weighted by atomic mass is 9.99. The van der Waals surface area contributed by atoms with Gasteiger partial charge in [0.05, 0.1) is 7.11 Å². The van der Waals surface area contributed by atoms with Gasteiger partial charge >= 0.3 is 0 Å². The third-order valence-corrected chi connectivity index (χ3v) is 3.00. The van der Waals surface area contributed by atoms with E-state index in [0.717, 1.165) is 23.8 Å². The molecule has 0 spiro atoms. The monoisotopic (exact) mass is 264 g/mol. The Balaban J connectivity index is 2.43. The summed E-state index contributed by atoms with van der Waals surface area (Å²) in [6, 6.07) is 8.04. The maximum atomic E-state index is 13.6. The zero-order chi connectivity index (χ0) is 14.0. The normalized spacial score (nSPS) is 12.3. The van der Waals surface area contributed by atoms with Crippen molar-refractivity contribution in [1.29, 1.82) is 0 Å². The van der Waals surface area contributed by atoms with E-state index in [4.69, 9.17) is 4.74 Å². The SMILES string of the molecule is COc1cc(C(O)c2cc(F)ccc2F)ccc1C. The smallest absolute Gasteiger partial charge is 0.129 e. The summed E-state index contributed by atoms with van der Waals surface area (Å²) in [6.45, 7) is 1.86. The lowest BCUT2D eigenvalue weighted by Crippen LogP contribution is -2.04. The third-order valence-electron chi connectivity index (χ3n) is 3.00. The fourth-order valence-corrected chi connectivity index (χ4v) is 1.91. The summed E-state index contributed by atoms with van der Waals surface area (Å²) in [4.78, 5) is 0. The van der Waals surface area contributed by atoms with E-state index in [1.807, 2.05) is 6.92 Å². The average Bonchev–Trinajstić information content (AvgIpc) is 2.41. The lowest BCUT2D eigenvalue weighted by Gasteiger charge is -2.14. The molecular formula is C15H14F2O2. The number of aliphatic hydroxyl groups excluding tert-OH is 1. The van der Waals surface area contributed by atoms with Gasteiger partial charge in [-0.15, -0.1) is 0 Å². The number of rotatable bonds is 3. The highest BCUT2D eigenvalue weighted by Gasteiger charge is 2.17. The van der Waals surface area contributed by atoms with Crippen molar-refractivity contribution in [2.45, 2.75) is 13.0 Å². The summed E-state index contributed by atoms with van der Waals surface area (Å²) in [5, 5.41) is 10.1. The van der Waals surface area contributed by atoms with Crippen LogP contribution in [0.5, 0.6) is 5.75 Å². The molecule has 0 aliphatic heterocycles. The van der Waals surface area contributed by atoms with Gasteiger partial charge in [0.15, 0.2) is 0 Å². The molecule has 1 unspecified atom stereocenters. The third kappa shape index (κ3) is 2.74.